The normalized spacial score (nSPS) is 17.2. The summed E-state index contributed by atoms with van der Waals surface area (Å²) in [5.74, 6) is 0. The fourth-order valence-electron chi connectivity index (χ4n) is 19.7. The summed E-state index contributed by atoms with van der Waals surface area (Å²) < 4.78 is 84.8. The third-order valence-electron chi connectivity index (χ3n) is 25.2. The summed E-state index contributed by atoms with van der Waals surface area (Å²) in [6.45, 7) is 24.0. The number of aromatic nitrogens is 2. The van der Waals surface area contributed by atoms with Gasteiger partial charge in [-0.3, -0.25) is 0 Å². The molecular weight excluding hydrogens is 1380 g/mol. The third kappa shape index (κ3) is 9.70. The van der Waals surface area contributed by atoms with Crippen LogP contribution in [-0.4, -0.2) is 61.6 Å². The molecule has 0 saturated carbocycles. The molecule has 530 valence electrons. The van der Waals surface area contributed by atoms with E-state index in [1.54, 1.807) is 0 Å². The summed E-state index contributed by atoms with van der Waals surface area (Å²) in [5.41, 5.74) is 19.7. The van der Waals surface area contributed by atoms with Crippen molar-refractivity contribution in [2.24, 2.45) is 0 Å². The van der Waals surface area contributed by atoms with Crippen molar-refractivity contribution in [1.82, 2.24) is 8.96 Å². The van der Waals surface area contributed by atoms with E-state index in [0.29, 0.717) is 58.4 Å². The summed E-state index contributed by atoms with van der Waals surface area (Å²) in [7, 11) is -0.364. The van der Waals surface area contributed by atoms with E-state index in [1.807, 2.05) is 93.5 Å². The van der Waals surface area contributed by atoms with E-state index in [4.69, 9.17) is 9.31 Å². The Morgan fingerprint density at radius 2 is 0.736 bits per heavy atom. The number of hydrogen-bond donors (Lipinski definition) is 0. The van der Waals surface area contributed by atoms with Crippen molar-refractivity contribution in [1.29, 1.82) is 0 Å². The first-order valence-corrected chi connectivity index (χ1v) is 38.5. The molecule has 6 nitrogen and oxygen atoms in total. The molecule has 12 aromatic carbocycles. The lowest BCUT2D eigenvalue weighted by molar-refractivity contribution is -0.364. The van der Waals surface area contributed by atoms with Crippen LogP contribution >= 0.6 is 15.9 Å². The predicted molar refractivity (Wildman–Crippen MR) is 444 cm³/mol. The average Bonchev–Trinajstić information content (AvgIpc) is 1.45. The van der Waals surface area contributed by atoms with Gasteiger partial charge in [0, 0.05) is 52.0 Å². The predicted octanol–water partition coefficient (Wildman–Crippen LogP) is 24.3. The van der Waals surface area contributed by atoms with Crippen LogP contribution in [0.4, 0.5) is 17.3 Å². The van der Waals surface area contributed by atoms with Gasteiger partial charge in [-0.05, 0) is 255 Å². The van der Waals surface area contributed by atoms with Crippen molar-refractivity contribution in [3.05, 3.63) is 276 Å². The fraction of sp³-hybridized carbons (Fsp3) is 0.239. The molecule has 106 heavy (non-hydrogen) atoms. The lowest BCUT2D eigenvalue weighted by Gasteiger charge is -2.34. The van der Waals surface area contributed by atoms with Crippen LogP contribution in [-0.2, 0) is 22.2 Å². The first-order chi connectivity index (χ1) is 50.7. The van der Waals surface area contributed by atoms with Crippen molar-refractivity contribution in [3.8, 4) is 11.1 Å². The average molecular weight is 1470 g/mol. The van der Waals surface area contributed by atoms with Gasteiger partial charge in [-0.1, -0.05) is 213 Å². The molecule has 0 bridgehead atoms. The first kappa shape index (κ1) is 69.5. The van der Waals surface area contributed by atoms with Gasteiger partial charge in [0.25, 0.3) is 0 Å². The van der Waals surface area contributed by atoms with Crippen LogP contribution < -0.4 is 5.46 Å². The first-order valence-electron chi connectivity index (χ1n) is 37.7. The van der Waals surface area contributed by atoms with Crippen molar-refractivity contribution in [2.45, 2.75) is 148 Å². The lowest BCUT2D eigenvalue weighted by Crippen LogP contribution is -2.51. The SMILES string of the molecule is CC1(C)OB(c2ccc3c4cccc5cccc(c6cccc2c63)c54)OC1(C)C.CCC1=C(C)C2=C(c3ccc(-c4ccc5c6cccc7cccc(c8cccc4c85)c76)cc3)c3c(C)c(CC)c(C)n3[B-](F)(F)[N+]2=C1C.CCC1=C(C)C2=C(c3ccc(Br)cc3)c3c(C)c(CC)c(C)n3[B-](F)(F)[N+]2=C1C. The van der Waals surface area contributed by atoms with E-state index in [2.05, 4.69) is 215 Å². The Bertz CT molecular complexity index is 6250. The second-order valence-corrected chi connectivity index (χ2v) is 31.8. The van der Waals surface area contributed by atoms with Crippen LogP contribution in [0.1, 0.15) is 152 Å². The lowest BCUT2D eigenvalue weighted by atomic mass is 9.74. The molecule has 0 spiro atoms. The molecule has 0 atom stereocenters. The van der Waals surface area contributed by atoms with Gasteiger partial charge in [0.15, 0.2) is 11.4 Å². The monoisotopic (exact) mass is 1470 g/mol. The van der Waals surface area contributed by atoms with Crippen LogP contribution in [0.3, 0.4) is 0 Å². The van der Waals surface area contributed by atoms with Crippen LogP contribution in [0.25, 0.3) is 108 Å². The van der Waals surface area contributed by atoms with E-state index < -0.39 is 13.9 Å². The molecule has 7 heterocycles. The number of nitrogens with zero attached hydrogens (tertiary/aromatic N) is 4. The Hall–Kier alpha value is -9.59. The molecule has 1 fully saturated rings. The smallest absolute Gasteiger partial charge is 0.399 e. The summed E-state index contributed by atoms with van der Waals surface area (Å²) in [5, 5.41) is 20.5. The van der Waals surface area contributed by atoms with E-state index >= 15 is 17.3 Å². The number of benzene rings is 12. The molecule has 0 amide bonds. The van der Waals surface area contributed by atoms with Gasteiger partial charge in [0.1, 0.15) is 11.4 Å². The molecule has 14 heteroatoms. The highest BCUT2D eigenvalue weighted by Gasteiger charge is 2.59. The van der Waals surface area contributed by atoms with E-state index in [9.17, 15) is 0 Å². The Morgan fingerprint density at radius 1 is 0.396 bits per heavy atom. The second kappa shape index (κ2) is 24.7. The molecule has 5 aliphatic heterocycles. The minimum atomic E-state index is -4.05. The Balaban J connectivity index is 0.000000124. The zero-order valence-electron chi connectivity index (χ0n) is 63.4. The molecule has 14 aromatic rings. The highest BCUT2D eigenvalue weighted by Crippen LogP contribution is 2.52. The number of fused-ring (bicyclic) bond motifs is 8. The van der Waals surface area contributed by atoms with Gasteiger partial charge in [0.2, 0.25) is 0 Å². The topological polar surface area (TPSA) is 34.3 Å². The molecule has 2 aromatic heterocycles. The van der Waals surface area contributed by atoms with Crippen LogP contribution in [0.2, 0.25) is 0 Å². The van der Waals surface area contributed by atoms with Gasteiger partial charge in [-0.2, -0.15) is 0 Å². The van der Waals surface area contributed by atoms with Crippen molar-refractivity contribution < 1.29 is 35.5 Å². The van der Waals surface area contributed by atoms with Crippen molar-refractivity contribution >= 4 is 151 Å². The molecule has 0 N–H and O–H groups in total. The minimum Gasteiger partial charge on any atom is -0.399 e. The quantitative estimate of drug-likeness (QED) is 0.0658. The Kier molecular flexibility index (Phi) is 16.2. The molecule has 19 rings (SSSR count). The minimum absolute atomic E-state index is 0.352. The summed E-state index contributed by atoms with van der Waals surface area (Å²) in [4.78, 5) is 0. The molecule has 0 unspecified atom stereocenters. The zero-order valence-corrected chi connectivity index (χ0v) is 65.0. The largest absolute Gasteiger partial charge is 0.737 e. The fourth-order valence-corrected chi connectivity index (χ4v) is 19.9. The van der Waals surface area contributed by atoms with Gasteiger partial charge in [-0.15, -0.1) is 0 Å². The molecule has 0 aliphatic carbocycles. The molecular formula is C92H86B3BrF4N4O2. The van der Waals surface area contributed by atoms with Gasteiger partial charge in [-0.25, -0.2) is 0 Å². The Labute approximate surface area is 626 Å². The molecule has 0 radical (unpaired) electrons. The van der Waals surface area contributed by atoms with Crippen molar-refractivity contribution in [3.63, 3.8) is 0 Å². The number of rotatable bonds is 8. The summed E-state index contributed by atoms with van der Waals surface area (Å²) in [6, 6.07) is 65.2. The molecule has 1 saturated heterocycles. The standard InChI is InChI=1S/C43H37BF2N2.C26H23BO2.C23H26BBrF2N2/c1-7-31-24(3)42-40(43-25(4)32(8-2)27(6)48(43)44(45,46)47(42)26(31)5)30-20-18-28(19-21-30)33-22-23-38-36-15-10-13-29-12-9-14-35(39(29)36)37-17-11-16-34(33)41(37)38;1-25(2)26(3,4)29-27(28-25)22-15-14-20-18-11-6-9-16-8-5-10-17(23(16)18)19-12-7-13-21(22)24(19)20;1-7-19-13(3)22-21(17-9-11-18(25)12-10-17)23-14(4)20(8-2)16(6)29(23)24(26,27)28(22)15(19)5/h9-23H,7-8H2,1-6H3;5-15H,1-4H3;9-12H,7-8H2,1-6H3. The van der Waals surface area contributed by atoms with Crippen molar-refractivity contribution in [2.75, 3.05) is 0 Å². The van der Waals surface area contributed by atoms with E-state index in [-0.39, 0.29) is 18.3 Å². The van der Waals surface area contributed by atoms with Crippen LogP contribution in [0, 0.1) is 27.7 Å². The number of halogens is 5. The highest BCUT2D eigenvalue weighted by molar-refractivity contribution is 9.10. The van der Waals surface area contributed by atoms with Crippen LogP contribution in [0.15, 0.2) is 220 Å². The molecule has 5 aliphatic rings. The number of allylic oxidation sites excluding steroid dienone is 4. The maximum atomic E-state index is 16.7. The summed E-state index contributed by atoms with van der Waals surface area (Å²) in [6.07, 6.45) is 2.91. The summed E-state index contributed by atoms with van der Waals surface area (Å²) >= 11 is 3.50. The van der Waals surface area contributed by atoms with Gasteiger partial charge in [0.05, 0.1) is 22.3 Å². The zero-order chi connectivity index (χ0) is 74.4. The van der Waals surface area contributed by atoms with E-state index in [0.717, 1.165) is 95.2 Å². The van der Waals surface area contributed by atoms with Crippen LogP contribution in [0.5, 0.6) is 0 Å². The highest BCUT2D eigenvalue weighted by atomic mass is 79.9. The maximum Gasteiger partial charge on any atom is 0.737 e. The maximum absolute atomic E-state index is 16.7. The number of hydrogen-bond acceptors (Lipinski definition) is 2. The third-order valence-corrected chi connectivity index (χ3v) is 25.7. The van der Waals surface area contributed by atoms with E-state index in [1.165, 1.54) is 110 Å². The van der Waals surface area contributed by atoms with Gasteiger partial charge < -0.3 is 44.5 Å². The van der Waals surface area contributed by atoms with Gasteiger partial charge >= 0.3 is 21.1 Å². The second-order valence-electron chi connectivity index (χ2n) is 30.9. The Morgan fingerprint density at radius 3 is 1.14 bits per heavy atom.